The molecule has 0 saturated carbocycles. The lowest BCUT2D eigenvalue weighted by molar-refractivity contribution is -0.116. The van der Waals surface area contributed by atoms with E-state index >= 15 is 0 Å². The van der Waals surface area contributed by atoms with E-state index in [0.717, 1.165) is 45.8 Å². The number of thioether (sulfide) groups is 1. The third-order valence-corrected chi connectivity index (χ3v) is 6.96. The van der Waals surface area contributed by atoms with Gasteiger partial charge in [0.25, 0.3) is 0 Å². The van der Waals surface area contributed by atoms with Gasteiger partial charge in [-0.2, -0.15) is 5.26 Å². The second-order valence-electron chi connectivity index (χ2n) is 7.46. The van der Waals surface area contributed by atoms with E-state index in [1.165, 1.54) is 0 Å². The van der Waals surface area contributed by atoms with E-state index in [-0.39, 0.29) is 11.7 Å². The zero-order valence-electron chi connectivity index (χ0n) is 16.2. The Hall–Kier alpha value is -2.35. The quantitative estimate of drug-likeness (QED) is 0.591. The maximum Gasteiger partial charge on any atom is 0.161 e. The van der Waals surface area contributed by atoms with Crippen LogP contribution in [0.5, 0.6) is 0 Å². The van der Waals surface area contributed by atoms with E-state index in [1.807, 2.05) is 55.5 Å². The first-order valence-electron chi connectivity index (χ1n) is 9.75. The van der Waals surface area contributed by atoms with Gasteiger partial charge in [-0.3, -0.25) is 4.79 Å². The molecule has 0 aromatic heterocycles. The smallest absolute Gasteiger partial charge is 0.161 e. The van der Waals surface area contributed by atoms with Crippen LogP contribution in [0.2, 0.25) is 5.02 Å². The largest absolute Gasteiger partial charge is 0.294 e. The lowest BCUT2D eigenvalue weighted by Crippen LogP contribution is -2.30. The number of hydrogen-bond donors (Lipinski definition) is 0. The summed E-state index contributed by atoms with van der Waals surface area (Å²) >= 11 is 7.86. The summed E-state index contributed by atoms with van der Waals surface area (Å²) in [6.45, 7) is 2.04. The first kappa shape index (κ1) is 19.9. The Labute approximate surface area is 180 Å². The molecule has 2 atom stereocenters. The lowest BCUT2D eigenvalue weighted by Gasteiger charge is -2.33. The molecule has 2 aromatic carbocycles. The fourth-order valence-electron chi connectivity index (χ4n) is 3.98. The molecular weight excluding hydrogens is 400 g/mol. The third kappa shape index (κ3) is 4.03. The summed E-state index contributed by atoms with van der Waals surface area (Å²) in [4.78, 5) is 17.6. The van der Waals surface area contributed by atoms with Crippen LogP contribution in [0.3, 0.4) is 0 Å². The number of allylic oxidation sites excluding steroid dienone is 2. The predicted octanol–water partition coefficient (Wildman–Crippen LogP) is 6.22. The molecule has 2 aliphatic rings. The molecule has 0 radical (unpaired) electrons. The summed E-state index contributed by atoms with van der Waals surface area (Å²) < 4.78 is 0. The van der Waals surface area contributed by atoms with Crippen molar-refractivity contribution >= 4 is 34.2 Å². The van der Waals surface area contributed by atoms with Crippen molar-refractivity contribution in [1.82, 2.24) is 0 Å². The molecule has 2 aromatic rings. The Bertz CT molecular complexity index is 1050. The second kappa shape index (κ2) is 8.57. The summed E-state index contributed by atoms with van der Waals surface area (Å²) in [5, 5.41) is 11.6. The number of halogens is 1. The zero-order chi connectivity index (χ0) is 20.4. The summed E-state index contributed by atoms with van der Waals surface area (Å²) in [6, 6.07) is 18.3. The fraction of sp³-hybridized carbons (Fsp3) is 0.292. The first-order chi connectivity index (χ1) is 14.1. The number of carbonyl (C=O) groups is 1. The van der Waals surface area contributed by atoms with Crippen molar-refractivity contribution in [2.24, 2.45) is 10.9 Å². The standard InChI is InChI=1S/C24H21ClN2OS/c1-15-9-11-16(12-10-15)22-18(13-26)24(27-20-7-4-8-21(28)23(20)22)29-14-17-5-2-3-6-19(17)25/h2-3,5-6,9-12,18,22H,4,7-8,14H2,1H3/t18?,22-/m1/s1. The topological polar surface area (TPSA) is 53.2 Å². The van der Waals surface area contributed by atoms with E-state index in [9.17, 15) is 10.1 Å². The Morgan fingerprint density at radius 1 is 1.17 bits per heavy atom. The normalized spacial score (nSPS) is 21.4. The van der Waals surface area contributed by atoms with Crippen LogP contribution >= 0.6 is 23.4 Å². The summed E-state index contributed by atoms with van der Waals surface area (Å²) in [6.07, 6.45) is 2.15. The minimum atomic E-state index is -0.467. The maximum atomic E-state index is 12.8. The molecule has 1 aliphatic carbocycles. The highest BCUT2D eigenvalue weighted by Gasteiger charge is 2.40. The van der Waals surface area contributed by atoms with Gasteiger partial charge in [-0.1, -0.05) is 59.6 Å². The van der Waals surface area contributed by atoms with E-state index in [1.54, 1.807) is 11.8 Å². The molecule has 1 unspecified atom stereocenters. The van der Waals surface area contributed by atoms with Gasteiger partial charge in [-0.05, 0) is 37.0 Å². The van der Waals surface area contributed by atoms with E-state index in [0.29, 0.717) is 17.2 Å². The maximum absolute atomic E-state index is 12.8. The van der Waals surface area contributed by atoms with Crippen LogP contribution in [0.15, 0.2) is 64.8 Å². The number of aliphatic imine (C=N–C) groups is 1. The van der Waals surface area contributed by atoms with Crippen LogP contribution in [0.25, 0.3) is 0 Å². The van der Waals surface area contributed by atoms with Crippen molar-refractivity contribution in [2.45, 2.75) is 37.9 Å². The fourth-order valence-corrected chi connectivity index (χ4v) is 5.36. The molecule has 0 saturated heterocycles. The number of aryl methyl sites for hydroxylation is 1. The highest BCUT2D eigenvalue weighted by Crippen LogP contribution is 2.45. The van der Waals surface area contributed by atoms with Crippen molar-refractivity contribution in [2.75, 3.05) is 0 Å². The molecular formula is C24H21ClN2OS. The van der Waals surface area contributed by atoms with Gasteiger partial charge >= 0.3 is 0 Å². The number of benzene rings is 2. The van der Waals surface area contributed by atoms with Gasteiger partial charge in [-0.15, -0.1) is 11.8 Å². The van der Waals surface area contributed by atoms with Crippen LogP contribution in [0.1, 0.15) is 41.9 Å². The van der Waals surface area contributed by atoms with Crippen molar-refractivity contribution in [3.63, 3.8) is 0 Å². The number of Topliss-reactive ketones (excluding diaryl/α,β-unsaturated/α-hetero) is 1. The predicted molar refractivity (Wildman–Crippen MR) is 119 cm³/mol. The zero-order valence-corrected chi connectivity index (χ0v) is 17.8. The molecule has 29 heavy (non-hydrogen) atoms. The number of hydrogen-bond acceptors (Lipinski definition) is 4. The Morgan fingerprint density at radius 2 is 1.93 bits per heavy atom. The van der Waals surface area contributed by atoms with E-state index < -0.39 is 5.92 Å². The van der Waals surface area contributed by atoms with E-state index in [4.69, 9.17) is 16.6 Å². The van der Waals surface area contributed by atoms with Crippen molar-refractivity contribution in [3.8, 4) is 6.07 Å². The van der Waals surface area contributed by atoms with Crippen LogP contribution < -0.4 is 0 Å². The number of ketones is 1. The van der Waals surface area contributed by atoms with Crippen molar-refractivity contribution in [1.29, 1.82) is 5.26 Å². The average molecular weight is 421 g/mol. The molecule has 146 valence electrons. The summed E-state index contributed by atoms with van der Waals surface area (Å²) in [5.41, 5.74) is 4.79. The Morgan fingerprint density at radius 3 is 2.66 bits per heavy atom. The van der Waals surface area contributed by atoms with Crippen LogP contribution in [0.4, 0.5) is 0 Å². The third-order valence-electron chi connectivity index (χ3n) is 5.49. The molecule has 0 fully saturated rings. The molecule has 5 heteroatoms. The Balaban J connectivity index is 1.73. The molecule has 0 spiro atoms. The molecule has 0 bridgehead atoms. The second-order valence-corrected chi connectivity index (χ2v) is 8.87. The van der Waals surface area contributed by atoms with E-state index in [2.05, 4.69) is 6.07 Å². The van der Waals surface area contributed by atoms with Gasteiger partial charge in [0.05, 0.1) is 11.1 Å². The highest BCUT2D eigenvalue weighted by atomic mass is 35.5. The SMILES string of the molecule is Cc1ccc([C@H]2C3=C(CCCC3=O)N=C(SCc3ccccc3Cl)C2C#N)cc1. The summed E-state index contributed by atoms with van der Waals surface area (Å²) in [5.74, 6) is 0.0602. The first-order valence-corrected chi connectivity index (χ1v) is 11.1. The van der Waals surface area contributed by atoms with Gasteiger partial charge in [0.2, 0.25) is 0 Å². The number of nitrogens with zero attached hydrogens (tertiary/aromatic N) is 2. The van der Waals surface area contributed by atoms with Crippen LogP contribution in [-0.2, 0) is 10.5 Å². The van der Waals surface area contributed by atoms with Gasteiger partial charge in [0.1, 0.15) is 5.92 Å². The van der Waals surface area contributed by atoms with Crippen molar-refractivity contribution < 1.29 is 4.79 Å². The van der Waals surface area contributed by atoms with Crippen molar-refractivity contribution in [3.05, 3.63) is 81.5 Å². The number of nitriles is 1. The van der Waals surface area contributed by atoms with Gasteiger partial charge in [0.15, 0.2) is 5.78 Å². The lowest BCUT2D eigenvalue weighted by atomic mass is 9.74. The van der Waals surface area contributed by atoms with Gasteiger partial charge in [0, 0.05) is 34.4 Å². The molecule has 0 N–H and O–H groups in total. The van der Waals surface area contributed by atoms with Gasteiger partial charge in [-0.25, -0.2) is 4.99 Å². The highest BCUT2D eigenvalue weighted by molar-refractivity contribution is 8.13. The molecule has 4 rings (SSSR count). The monoisotopic (exact) mass is 420 g/mol. The van der Waals surface area contributed by atoms with Crippen LogP contribution in [0, 0.1) is 24.2 Å². The number of rotatable bonds is 3. The van der Waals surface area contributed by atoms with Gasteiger partial charge < -0.3 is 0 Å². The van der Waals surface area contributed by atoms with Crippen LogP contribution in [-0.4, -0.2) is 10.8 Å². The molecule has 1 aliphatic heterocycles. The Kier molecular flexibility index (Phi) is 5.89. The molecule has 3 nitrogen and oxygen atoms in total. The molecule has 1 heterocycles. The number of carbonyl (C=O) groups excluding carboxylic acids is 1. The average Bonchev–Trinajstić information content (AvgIpc) is 2.73. The summed E-state index contributed by atoms with van der Waals surface area (Å²) in [7, 11) is 0. The minimum Gasteiger partial charge on any atom is -0.294 e. The minimum absolute atomic E-state index is 0.135. The molecule has 0 amide bonds.